The molecule has 0 aliphatic heterocycles. The zero-order chi connectivity index (χ0) is 28.7. The number of nitrogens with zero attached hydrogens (tertiary/aromatic N) is 3. The van der Waals surface area contributed by atoms with Crippen LogP contribution >= 0.6 is 0 Å². The van der Waals surface area contributed by atoms with Crippen molar-refractivity contribution >= 4 is 16.5 Å². The van der Waals surface area contributed by atoms with Gasteiger partial charge in [0.25, 0.3) is 0 Å². The number of allylic oxidation sites excluding steroid dienone is 4. The molecule has 0 saturated heterocycles. The molecular weight excluding hydrogens is 514 g/mol. The van der Waals surface area contributed by atoms with E-state index in [1.54, 1.807) is 12.2 Å². The summed E-state index contributed by atoms with van der Waals surface area (Å²) < 4.78 is 6.21. The van der Waals surface area contributed by atoms with Gasteiger partial charge in [-0.25, -0.2) is 15.0 Å². The lowest BCUT2D eigenvalue weighted by molar-refractivity contribution is 0.309. The van der Waals surface area contributed by atoms with Crippen molar-refractivity contribution in [2.24, 2.45) is 0 Å². The zero-order valence-corrected chi connectivity index (χ0v) is 23.2. The lowest BCUT2D eigenvalue weighted by atomic mass is 10.0. The molecule has 0 fully saturated rings. The largest absolute Gasteiger partial charge is 0.487 e. The molecule has 0 amide bonds. The van der Waals surface area contributed by atoms with Gasteiger partial charge in [-0.15, -0.1) is 0 Å². The van der Waals surface area contributed by atoms with Crippen LogP contribution in [0.4, 0.5) is 0 Å². The molecule has 0 aliphatic carbocycles. The Bertz CT molecular complexity index is 1910. The van der Waals surface area contributed by atoms with Crippen LogP contribution in [0, 0.1) is 0 Å². The van der Waals surface area contributed by atoms with Crippen LogP contribution in [-0.4, -0.2) is 15.0 Å². The third kappa shape index (κ3) is 5.79. The molecule has 42 heavy (non-hydrogen) atoms. The molecule has 202 valence electrons. The third-order valence-electron chi connectivity index (χ3n) is 6.95. The van der Waals surface area contributed by atoms with E-state index in [1.807, 2.05) is 84.9 Å². The fourth-order valence-electron chi connectivity index (χ4n) is 4.81. The molecule has 2 heterocycles. The summed E-state index contributed by atoms with van der Waals surface area (Å²) in [6.07, 6.45) is 5.34. The number of para-hydroxylation sites is 1. The fraction of sp³-hybridized carbons (Fsp3) is 0.0263. The monoisotopic (exact) mass is 543 g/mol. The van der Waals surface area contributed by atoms with Crippen LogP contribution in [-0.2, 0) is 6.61 Å². The molecule has 2 aromatic heterocycles. The van der Waals surface area contributed by atoms with E-state index in [0.29, 0.717) is 12.4 Å². The smallest absolute Gasteiger partial charge is 0.160 e. The highest BCUT2D eigenvalue weighted by atomic mass is 16.5. The standard InChI is InChI=1S/C38H29N3O/c1-3-13-28(4-2)38-40-34(29-16-9-6-10-17-29)25-35(41-38)32-20-11-19-31(24-32)33-23-22-30-18-12-21-36(37(30)39-33)42-26-27-14-7-5-8-15-27/h3-25H,1-2,26H2/b28-13+. The SMILES string of the molecule is C=C/C=C(\C=C)c1nc(-c2ccccc2)cc(-c2cccc(-c3ccc4cccc(OCc5ccccc5)c4n3)c2)n1. The average molecular weight is 544 g/mol. The number of rotatable bonds is 9. The quantitative estimate of drug-likeness (QED) is 0.170. The molecular formula is C38H29N3O. The third-order valence-corrected chi connectivity index (χ3v) is 6.95. The number of fused-ring (bicyclic) bond motifs is 1. The van der Waals surface area contributed by atoms with Gasteiger partial charge in [-0.2, -0.15) is 0 Å². The van der Waals surface area contributed by atoms with Crippen LogP contribution in [0.5, 0.6) is 5.75 Å². The minimum atomic E-state index is 0.480. The van der Waals surface area contributed by atoms with E-state index in [2.05, 4.69) is 55.6 Å². The molecule has 0 spiro atoms. The van der Waals surface area contributed by atoms with Crippen molar-refractivity contribution < 1.29 is 4.74 Å². The fourth-order valence-corrected chi connectivity index (χ4v) is 4.81. The van der Waals surface area contributed by atoms with E-state index >= 15 is 0 Å². The van der Waals surface area contributed by atoms with Crippen LogP contribution in [0.25, 0.3) is 50.2 Å². The second kappa shape index (κ2) is 12.3. The molecule has 0 saturated carbocycles. The van der Waals surface area contributed by atoms with Crippen LogP contribution in [0.1, 0.15) is 11.4 Å². The Labute approximate surface area is 246 Å². The predicted octanol–water partition coefficient (Wildman–Crippen LogP) is 9.36. The molecule has 0 radical (unpaired) electrons. The van der Waals surface area contributed by atoms with E-state index in [9.17, 15) is 0 Å². The first kappa shape index (κ1) is 26.6. The molecule has 4 nitrogen and oxygen atoms in total. The highest BCUT2D eigenvalue weighted by Gasteiger charge is 2.13. The Hall–Kier alpha value is -5.61. The van der Waals surface area contributed by atoms with Gasteiger partial charge in [0.2, 0.25) is 0 Å². The lowest BCUT2D eigenvalue weighted by Gasteiger charge is -2.12. The molecule has 6 rings (SSSR count). The summed E-state index contributed by atoms with van der Waals surface area (Å²) in [5, 5.41) is 1.03. The lowest BCUT2D eigenvalue weighted by Crippen LogP contribution is -1.99. The summed E-state index contributed by atoms with van der Waals surface area (Å²) >= 11 is 0. The van der Waals surface area contributed by atoms with Crippen molar-refractivity contribution in [1.29, 1.82) is 0 Å². The molecule has 0 aliphatic rings. The molecule has 6 aromatic rings. The Morgan fingerprint density at radius 3 is 2.02 bits per heavy atom. The van der Waals surface area contributed by atoms with E-state index < -0.39 is 0 Å². The van der Waals surface area contributed by atoms with Crippen LogP contribution in [0.2, 0.25) is 0 Å². The number of pyridine rings is 1. The van der Waals surface area contributed by atoms with Crippen molar-refractivity contribution in [1.82, 2.24) is 15.0 Å². The number of hydrogen-bond donors (Lipinski definition) is 0. The van der Waals surface area contributed by atoms with Crippen LogP contribution < -0.4 is 4.74 Å². The number of aromatic nitrogens is 3. The van der Waals surface area contributed by atoms with Gasteiger partial charge in [0.15, 0.2) is 5.82 Å². The van der Waals surface area contributed by atoms with Crippen molar-refractivity contribution in [3.05, 3.63) is 164 Å². The summed E-state index contributed by atoms with van der Waals surface area (Å²) in [7, 11) is 0. The van der Waals surface area contributed by atoms with Crippen molar-refractivity contribution in [3.63, 3.8) is 0 Å². The van der Waals surface area contributed by atoms with Gasteiger partial charge < -0.3 is 4.74 Å². The number of ether oxygens (including phenoxy) is 1. The van der Waals surface area contributed by atoms with Gasteiger partial charge in [0.1, 0.15) is 17.9 Å². The van der Waals surface area contributed by atoms with Gasteiger partial charge in [0.05, 0.1) is 17.1 Å². The Morgan fingerprint density at radius 1 is 0.619 bits per heavy atom. The summed E-state index contributed by atoms with van der Waals surface area (Å²) in [6.45, 7) is 8.28. The second-order valence-corrected chi connectivity index (χ2v) is 9.77. The normalized spacial score (nSPS) is 11.3. The average Bonchev–Trinajstić information content (AvgIpc) is 3.06. The maximum atomic E-state index is 6.21. The van der Waals surface area contributed by atoms with Gasteiger partial charge in [-0.05, 0) is 29.8 Å². The van der Waals surface area contributed by atoms with Crippen molar-refractivity contribution in [2.45, 2.75) is 6.61 Å². The molecule has 0 bridgehead atoms. The Morgan fingerprint density at radius 2 is 1.29 bits per heavy atom. The Balaban J connectivity index is 1.40. The molecule has 0 unspecified atom stereocenters. The maximum absolute atomic E-state index is 6.21. The minimum absolute atomic E-state index is 0.480. The summed E-state index contributed by atoms with van der Waals surface area (Å²) in [4.78, 5) is 14.8. The van der Waals surface area contributed by atoms with E-state index in [4.69, 9.17) is 19.7 Å². The van der Waals surface area contributed by atoms with Gasteiger partial charge in [0, 0.05) is 27.6 Å². The summed E-state index contributed by atoms with van der Waals surface area (Å²) in [5.74, 6) is 1.35. The van der Waals surface area contributed by atoms with E-state index in [1.165, 1.54) is 0 Å². The Kier molecular flexibility index (Phi) is 7.78. The molecule has 4 aromatic carbocycles. The first-order chi connectivity index (χ1) is 20.7. The van der Waals surface area contributed by atoms with E-state index in [-0.39, 0.29) is 0 Å². The predicted molar refractivity (Wildman–Crippen MR) is 173 cm³/mol. The molecule has 0 atom stereocenters. The first-order valence-corrected chi connectivity index (χ1v) is 13.8. The van der Waals surface area contributed by atoms with Gasteiger partial charge in [-0.1, -0.05) is 128 Å². The number of hydrogen-bond acceptors (Lipinski definition) is 4. The maximum Gasteiger partial charge on any atom is 0.160 e. The van der Waals surface area contributed by atoms with Crippen LogP contribution in [0.3, 0.4) is 0 Å². The summed E-state index contributed by atoms with van der Waals surface area (Å²) in [5.41, 5.74) is 8.21. The minimum Gasteiger partial charge on any atom is -0.487 e. The highest BCUT2D eigenvalue weighted by Crippen LogP contribution is 2.31. The summed E-state index contributed by atoms with van der Waals surface area (Å²) in [6, 6.07) is 40.7. The zero-order valence-electron chi connectivity index (χ0n) is 23.2. The van der Waals surface area contributed by atoms with Gasteiger partial charge >= 0.3 is 0 Å². The first-order valence-electron chi connectivity index (χ1n) is 13.8. The van der Waals surface area contributed by atoms with Crippen molar-refractivity contribution in [2.75, 3.05) is 0 Å². The highest BCUT2D eigenvalue weighted by molar-refractivity contribution is 5.87. The van der Waals surface area contributed by atoms with E-state index in [0.717, 1.165) is 61.6 Å². The molecule has 4 heteroatoms. The van der Waals surface area contributed by atoms with Gasteiger partial charge in [-0.3, -0.25) is 0 Å². The van der Waals surface area contributed by atoms with Crippen LogP contribution in [0.15, 0.2) is 153 Å². The topological polar surface area (TPSA) is 47.9 Å². The molecule has 0 N–H and O–H groups in total. The number of benzene rings is 4. The van der Waals surface area contributed by atoms with Crippen molar-refractivity contribution in [3.8, 4) is 39.5 Å². The second-order valence-electron chi connectivity index (χ2n) is 9.77.